The third-order valence-electron chi connectivity index (χ3n) is 3.14. The van der Waals surface area contributed by atoms with Crippen LogP contribution in [0.15, 0.2) is 36.7 Å². The highest BCUT2D eigenvalue weighted by Crippen LogP contribution is 2.25. The molecule has 17 heavy (non-hydrogen) atoms. The van der Waals surface area contributed by atoms with Crippen LogP contribution in [0.2, 0.25) is 0 Å². The molecule has 1 aromatic heterocycles. The molecule has 2 heteroatoms. The molecule has 2 rings (SSSR count). The summed E-state index contributed by atoms with van der Waals surface area (Å²) in [5, 5.41) is 6.14. The molecule has 0 bridgehead atoms. The lowest BCUT2D eigenvalue weighted by atomic mass is 9.98. The Morgan fingerprint density at radius 1 is 1.24 bits per heavy atom. The Hall–Kier alpha value is -1.41. The van der Waals surface area contributed by atoms with Gasteiger partial charge in [0.25, 0.3) is 0 Å². The Morgan fingerprint density at radius 2 is 2.12 bits per heavy atom. The quantitative estimate of drug-likeness (QED) is 0.844. The van der Waals surface area contributed by atoms with Crippen LogP contribution in [0.3, 0.4) is 0 Å². The predicted molar refractivity (Wildman–Crippen MR) is 73.1 cm³/mol. The molecule has 0 aliphatic rings. The highest BCUT2D eigenvalue weighted by Gasteiger charge is 2.11. The van der Waals surface area contributed by atoms with Gasteiger partial charge in [0, 0.05) is 23.8 Å². The van der Waals surface area contributed by atoms with Gasteiger partial charge >= 0.3 is 0 Å². The van der Waals surface area contributed by atoms with Gasteiger partial charge in [-0.1, -0.05) is 32.0 Å². The zero-order chi connectivity index (χ0) is 12.1. The Bertz CT molecular complexity index is 474. The number of hydrogen-bond acceptors (Lipinski definition) is 2. The van der Waals surface area contributed by atoms with Crippen LogP contribution in [-0.4, -0.2) is 11.5 Å². The first-order valence-electron chi connectivity index (χ1n) is 6.42. The highest BCUT2D eigenvalue weighted by molar-refractivity contribution is 5.85. The number of nitrogens with zero attached hydrogens (tertiary/aromatic N) is 1. The maximum atomic E-state index is 4.24. The number of pyridine rings is 1. The summed E-state index contributed by atoms with van der Waals surface area (Å²) in [5.74, 6) is 0. The molecule has 0 fully saturated rings. The van der Waals surface area contributed by atoms with Crippen molar-refractivity contribution in [1.82, 2.24) is 10.3 Å². The minimum Gasteiger partial charge on any atom is -0.310 e. The smallest absolute Gasteiger partial charge is 0.0349 e. The summed E-state index contributed by atoms with van der Waals surface area (Å²) in [6.45, 7) is 5.49. The molecule has 0 aliphatic heterocycles. The first-order valence-corrected chi connectivity index (χ1v) is 6.42. The van der Waals surface area contributed by atoms with E-state index in [1.165, 1.54) is 22.8 Å². The van der Waals surface area contributed by atoms with Gasteiger partial charge in [-0.2, -0.15) is 0 Å². The molecule has 0 saturated carbocycles. The standard InChI is InChI=1S/C15H20N2/c1-3-9-17-15(4-2)13-7-5-6-12-8-10-16-11-14(12)13/h5-8,10-11,15,17H,3-4,9H2,1-2H3. The molecular weight excluding hydrogens is 208 g/mol. The summed E-state index contributed by atoms with van der Waals surface area (Å²) < 4.78 is 0. The van der Waals surface area contributed by atoms with Crippen LogP contribution in [0.4, 0.5) is 0 Å². The molecule has 1 unspecified atom stereocenters. The van der Waals surface area contributed by atoms with Gasteiger partial charge in [-0.05, 0) is 36.4 Å². The van der Waals surface area contributed by atoms with Crippen LogP contribution in [0.5, 0.6) is 0 Å². The van der Waals surface area contributed by atoms with Crippen LogP contribution in [-0.2, 0) is 0 Å². The predicted octanol–water partition coefficient (Wildman–Crippen LogP) is 3.69. The van der Waals surface area contributed by atoms with Crippen molar-refractivity contribution in [3.05, 3.63) is 42.2 Å². The Labute approximate surface area is 103 Å². The molecule has 2 nitrogen and oxygen atoms in total. The molecule has 0 saturated heterocycles. The van der Waals surface area contributed by atoms with Crippen molar-refractivity contribution in [1.29, 1.82) is 0 Å². The van der Waals surface area contributed by atoms with Gasteiger partial charge in [0.05, 0.1) is 0 Å². The van der Waals surface area contributed by atoms with Crippen LogP contribution < -0.4 is 5.32 Å². The van der Waals surface area contributed by atoms with Gasteiger partial charge in [0.15, 0.2) is 0 Å². The zero-order valence-electron chi connectivity index (χ0n) is 10.6. The summed E-state index contributed by atoms with van der Waals surface area (Å²) in [5.41, 5.74) is 1.37. The van der Waals surface area contributed by atoms with E-state index in [-0.39, 0.29) is 0 Å². The van der Waals surface area contributed by atoms with Gasteiger partial charge in [-0.3, -0.25) is 4.98 Å². The fraction of sp³-hybridized carbons (Fsp3) is 0.400. The highest BCUT2D eigenvalue weighted by atomic mass is 14.9. The molecule has 0 spiro atoms. The molecule has 2 aromatic rings. The van der Waals surface area contributed by atoms with E-state index in [9.17, 15) is 0 Å². The van der Waals surface area contributed by atoms with E-state index in [0.29, 0.717) is 6.04 Å². The molecule has 1 atom stereocenters. The van der Waals surface area contributed by atoms with Crippen molar-refractivity contribution >= 4 is 10.8 Å². The summed E-state index contributed by atoms with van der Waals surface area (Å²) in [7, 11) is 0. The van der Waals surface area contributed by atoms with Gasteiger partial charge < -0.3 is 5.32 Å². The molecule has 90 valence electrons. The number of aromatic nitrogens is 1. The maximum Gasteiger partial charge on any atom is 0.0349 e. The van der Waals surface area contributed by atoms with Crippen LogP contribution in [0.25, 0.3) is 10.8 Å². The van der Waals surface area contributed by atoms with E-state index in [0.717, 1.165) is 13.0 Å². The zero-order valence-corrected chi connectivity index (χ0v) is 10.6. The first-order chi connectivity index (χ1) is 8.36. The third kappa shape index (κ3) is 2.64. The second-order valence-corrected chi connectivity index (χ2v) is 4.36. The van der Waals surface area contributed by atoms with E-state index >= 15 is 0 Å². The number of fused-ring (bicyclic) bond motifs is 1. The second-order valence-electron chi connectivity index (χ2n) is 4.36. The number of nitrogens with one attached hydrogen (secondary N) is 1. The van der Waals surface area contributed by atoms with Crippen LogP contribution in [0.1, 0.15) is 38.3 Å². The van der Waals surface area contributed by atoms with Crippen molar-refractivity contribution in [3.8, 4) is 0 Å². The minimum absolute atomic E-state index is 0.433. The van der Waals surface area contributed by atoms with Crippen molar-refractivity contribution < 1.29 is 0 Å². The summed E-state index contributed by atoms with van der Waals surface area (Å²) >= 11 is 0. The van der Waals surface area contributed by atoms with Crippen molar-refractivity contribution in [3.63, 3.8) is 0 Å². The molecule has 1 heterocycles. The molecule has 0 radical (unpaired) electrons. The van der Waals surface area contributed by atoms with Crippen molar-refractivity contribution in [2.45, 2.75) is 32.7 Å². The molecule has 0 amide bonds. The van der Waals surface area contributed by atoms with Gasteiger partial charge in [-0.25, -0.2) is 0 Å². The molecule has 0 aliphatic carbocycles. The molecular formula is C15H20N2. The normalized spacial score (nSPS) is 12.8. The average Bonchev–Trinajstić information content (AvgIpc) is 2.40. The van der Waals surface area contributed by atoms with Crippen molar-refractivity contribution in [2.24, 2.45) is 0 Å². The van der Waals surface area contributed by atoms with Gasteiger partial charge in [0.1, 0.15) is 0 Å². The molecule has 1 aromatic carbocycles. The number of benzene rings is 1. The number of hydrogen-bond donors (Lipinski definition) is 1. The van der Waals surface area contributed by atoms with E-state index in [2.05, 4.69) is 48.4 Å². The first kappa shape index (κ1) is 12.1. The van der Waals surface area contributed by atoms with E-state index in [1.54, 1.807) is 0 Å². The Morgan fingerprint density at radius 3 is 2.88 bits per heavy atom. The average molecular weight is 228 g/mol. The number of rotatable bonds is 5. The maximum absolute atomic E-state index is 4.24. The van der Waals surface area contributed by atoms with E-state index < -0.39 is 0 Å². The molecule has 1 N–H and O–H groups in total. The topological polar surface area (TPSA) is 24.9 Å². The lowest BCUT2D eigenvalue weighted by Crippen LogP contribution is -2.21. The fourth-order valence-corrected chi connectivity index (χ4v) is 2.23. The Balaban J connectivity index is 2.38. The Kier molecular flexibility index (Phi) is 4.10. The SMILES string of the molecule is CCCNC(CC)c1cccc2ccncc12. The lowest BCUT2D eigenvalue weighted by molar-refractivity contribution is 0.521. The largest absolute Gasteiger partial charge is 0.310 e. The summed E-state index contributed by atoms with van der Waals surface area (Å²) in [4.78, 5) is 4.24. The lowest BCUT2D eigenvalue weighted by Gasteiger charge is -2.18. The van der Waals surface area contributed by atoms with Gasteiger partial charge in [0.2, 0.25) is 0 Å². The summed E-state index contributed by atoms with van der Waals surface area (Å²) in [6, 6.07) is 9.00. The minimum atomic E-state index is 0.433. The third-order valence-corrected chi connectivity index (χ3v) is 3.14. The monoisotopic (exact) mass is 228 g/mol. The van der Waals surface area contributed by atoms with Crippen LogP contribution >= 0.6 is 0 Å². The van der Waals surface area contributed by atoms with Crippen LogP contribution in [0, 0.1) is 0 Å². The fourth-order valence-electron chi connectivity index (χ4n) is 2.23. The van der Waals surface area contributed by atoms with E-state index in [4.69, 9.17) is 0 Å². The second kappa shape index (κ2) is 5.78. The summed E-state index contributed by atoms with van der Waals surface area (Å²) in [6.07, 6.45) is 6.10. The van der Waals surface area contributed by atoms with Crippen molar-refractivity contribution in [2.75, 3.05) is 6.54 Å². The van der Waals surface area contributed by atoms with Gasteiger partial charge in [-0.15, -0.1) is 0 Å². The van der Waals surface area contributed by atoms with E-state index in [1.807, 2.05) is 12.4 Å².